The van der Waals surface area contributed by atoms with Gasteiger partial charge in [-0.05, 0) is 138 Å². The van der Waals surface area contributed by atoms with Gasteiger partial charge in [0.2, 0.25) is 6.33 Å². The molecule has 3 nitrogen and oxygen atoms in total. The monoisotopic (exact) mass is 935 g/mol. The van der Waals surface area contributed by atoms with E-state index in [1.165, 1.54) is 123 Å². The van der Waals surface area contributed by atoms with E-state index in [1.54, 1.807) is 0 Å². The fourth-order valence-electron chi connectivity index (χ4n) is 13.9. The van der Waals surface area contributed by atoms with Crippen molar-refractivity contribution in [3.8, 4) is 44.5 Å². The standard InChI is InChI=1S/C70H53N3/c1-45-21-18-22-46(2)67(45)49-39-40-71-66(41-49)69(62-35-14-8-29-56(62)57-30-9-15-36-63(57)69)52-25-19-23-50(42-52)68(60-33-12-6-27-54(60)55-28-7-13-34-61(55)68)51-24-20-26-53(43-51)70(73-44-72(5)47(3)48(73)4)64-37-16-10-31-58(64)59-32-11-17-38-65(59)70/h6-43H,1-5H3. The highest BCUT2D eigenvalue weighted by atomic mass is 15.2. The molecule has 3 aliphatic rings. The Morgan fingerprint density at radius 2 is 0.781 bits per heavy atom. The first-order chi connectivity index (χ1) is 35.8. The Balaban J connectivity index is 1.08. The molecule has 0 saturated carbocycles. The maximum Gasteiger partial charge on any atom is 0.205 e. The summed E-state index contributed by atoms with van der Waals surface area (Å²) < 4.78 is 4.58. The van der Waals surface area contributed by atoms with E-state index in [9.17, 15) is 0 Å². The largest absolute Gasteiger partial charge is 0.351 e. The van der Waals surface area contributed by atoms with E-state index in [-0.39, 0.29) is 0 Å². The molecule has 0 unspecified atom stereocenters. The van der Waals surface area contributed by atoms with Gasteiger partial charge in [-0.2, -0.15) is 0 Å². The molecule has 3 aliphatic carbocycles. The van der Waals surface area contributed by atoms with E-state index < -0.39 is 16.4 Å². The predicted octanol–water partition coefficient (Wildman–Crippen LogP) is 15.0. The average Bonchev–Trinajstić information content (AvgIpc) is 4.12. The van der Waals surface area contributed by atoms with Crippen LogP contribution in [0.1, 0.15) is 83.8 Å². The zero-order valence-corrected chi connectivity index (χ0v) is 41.8. The van der Waals surface area contributed by atoms with E-state index in [4.69, 9.17) is 4.98 Å². The second-order valence-corrected chi connectivity index (χ2v) is 20.5. The van der Waals surface area contributed by atoms with Crippen molar-refractivity contribution in [3.05, 3.63) is 321 Å². The molecule has 0 bridgehead atoms. The Bertz CT molecular complexity index is 3920. The highest BCUT2D eigenvalue weighted by Gasteiger charge is 2.53. The molecule has 2 heterocycles. The molecule has 0 saturated heterocycles. The van der Waals surface area contributed by atoms with Crippen LogP contribution in [0, 0.1) is 34.0 Å². The van der Waals surface area contributed by atoms with Crippen LogP contribution in [0.15, 0.2) is 231 Å². The number of rotatable bonds is 7. The molecule has 0 radical (unpaired) electrons. The lowest BCUT2D eigenvalue weighted by atomic mass is 9.64. The Hall–Kier alpha value is -8.66. The summed E-state index contributed by atoms with van der Waals surface area (Å²) in [4.78, 5) is 5.46. The van der Waals surface area contributed by atoms with Gasteiger partial charge >= 0.3 is 0 Å². The normalized spacial score (nSPS) is 14.7. The van der Waals surface area contributed by atoms with Gasteiger partial charge in [0.1, 0.15) is 0 Å². The number of pyridine rings is 1. The molecule has 11 aromatic rings. The van der Waals surface area contributed by atoms with Crippen molar-refractivity contribution in [2.24, 2.45) is 7.05 Å². The first-order valence-corrected chi connectivity index (χ1v) is 25.6. The first-order valence-electron chi connectivity index (χ1n) is 25.6. The highest BCUT2D eigenvalue weighted by Crippen LogP contribution is 2.61. The summed E-state index contributed by atoms with van der Waals surface area (Å²) in [7, 11) is 2.12. The molecule has 348 valence electrons. The Labute approximate surface area is 428 Å². The number of nitrogens with zero attached hydrogens (tertiary/aromatic N) is 3. The molecule has 2 aromatic heterocycles. The number of fused-ring (bicyclic) bond motifs is 9. The molecule has 3 heteroatoms. The molecule has 9 aromatic carbocycles. The minimum atomic E-state index is -0.743. The van der Waals surface area contributed by atoms with E-state index in [0.29, 0.717) is 0 Å². The van der Waals surface area contributed by atoms with Crippen LogP contribution in [0.25, 0.3) is 44.5 Å². The van der Waals surface area contributed by atoms with Crippen LogP contribution in [0.3, 0.4) is 0 Å². The number of hydrogen-bond acceptors (Lipinski definition) is 1. The van der Waals surface area contributed by atoms with Crippen LogP contribution >= 0.6 is 0 Å². The summed E-state index contributed by atoms with van der Waals surface area (Å²) >= 11 is 0. The fraction of sp³-hybridized carbons (Fsp3) is 0.114. The molecular weight excluding hydrogens is 883 g/mol. The lowest BCUT2D eigenvalue weighted by molar-refractivity contribution is -0.681. The lowest BCUT2D eigenvalue weighted by Gasteiger charge is -2.38. The molecule has 0 amide bonds. The Morgan fingerprint density at radius 3 is 1.25 bits per heavy atom. The molecule has 0 N–H and O–H groups in total. The summed E-state index contributed by atoms with van der Waals surface area (Å²) in [6, 6.07) is 84.7. The van der Waals surface area contributed by atoms with Crippen molar-refractivity contribution in [3.63, 3.8) is 0 Å². The number of hydrogen-bond donors (Lipinski definition) is 0. The quantitative estimate of drug-likeness (QED) is 0.115. The van der Waals surface area contributed by atoms with Crippen LogP contribution < -0.4 is 4.57 Å². The predicted molar refractivity (Wildman–Crippen MR) is 295 cm³/mol. The molecule has 0 atom stereocenters. The minimum Gasteiger partial charge on any atom is -0.351 e. The lowest BCUT2D eigenvalue weighted by Crippen LogP contribution is -2.38. The molecule has 73 heavy (non-hydrogen) atoms. The van der Waals surface area contributed by atoms with Crippen molar-refractivity contribution in [2.75, 3.05) is 0 Å². The maximum atomic E-state index is 5.46. The van der Waals surface area contributed by atoms with Gasteiger partial charge in [-0.25, -0.2) is 0 Å². The number of benzene rings is 9. The van der Waals surface area contributed by atoms with Gasteiger partial charge < -0.3 is 9.13 Å². The third kappa shape index (κ3) is 5.65. The van der Waals surface area contributed by atoms with Gasteiger partial charge in [0.05, 0.1) is 23.6 Å². The van der Waals surface area contributed by atoms with Crippen molar-refractivity contribution < 1.29 is 4.57 Å². The molecule has 14 rings (SSSR count). The minimum absolute atomic E-state index is 0.715. The van der Waals surface area contributed by atoms with Crippen molar-refractivity contribution in [2.45, 2.75) is 44.1 Å². The zero-order valence-electron chi connectivity index (χ0n) is 41.8. The van der Waals surface area contributed by atoms with Crippen molar-refractivity contribution in [1.82, 2.24) is 9.55 Å². The van der Waals surface area contributed by atoms with E-state index >= 15 is 0 Å². The third-order valence-electron chi connectivity index (χ3n) is 17.1. The Kier molecular flexibility index (Phi) is 9.41. The number of imidazole rings is 1. The summed E-state index contributed by atoms with van der Waals surface area (Å²) in [5, 5.41) is 0. The van der Waals surface area contributed by atoms with Crippen LogP contribution in [-0.2, 0) is 23.4 Å². The summed E-state index contributed by atoms with van der Waals surface area (Å²) in [5.41, 5.74) is 25.9. The average molecular weight is 936 g/mol. The Morgan fingerprint density at radius 1 is 0.397 bits per heavy atom. The summed E-state index contributed by atoms with van der Waals surface area (Å²) in [6.07, 6.45) is 5.89. The summed E-state index contributed by atoms with van der Waals surface area (Å²) in [6.45, 7) is 8.90. The SMILES string of the molecule is Cc1cccc(C)c1-c1ccnc(C2(c3cccc(C4(c5cccc(C6(n7[c-][n+](C)c(C)c7C)c7ccccc7-c7ccccc76)c5)c5ccccc5-c5ccccc54)c3)c3ccccc3-c3ccccc32)c1. The second-order valence-electron chi connectivity index (χ2n) is 20.5. The van der Waals surface area contributed by atoms with Crippen LogP contribution in [0.2, 0.25) is 0 Å². The van der Waals surface area contributed by atoms with Crippen LogP contribution in [0.5, 0.6) is 0 Å². The first kappa shape index (κ1) is 43.2. The maximum absolute atomic E-state index is 5.46. The van der Waals surface area contributed by atoms with E-state index in [0.717, 1.165) is 5.69 Å². The molecule has 0 spiro atoms. The highest BCUT2D eigenvalue weighted by molar-refractivity contribution is 5.90. The van der Waals surface area contributed by atoms with E-state index in [2.05, 4.69) is 275 Å². The molecule has 0 aliphatic heterocycles. The summed E-state index contributed by atoms with van der Waals surface area (Å²) in [5.74, 6) is 0. The van der Waals surface area contributed by atoms with Gasteiger partial charge in [-0.1, -0.05) is 220 Å². The van der Waals surface area contributed by atoms with Crippen LogP contribution in [0.4, 0.5) is 0 Å². The van der Waals surface area contributed by atoms with Gasteiger partial charge in [0.25, 0.3) is 0 Å². The number of aryl methyl sites for hydroxylation is 3. The third-order valence-corrected chi connectivity index (χ3v) is 17.1. The molecule has 0 fully saturated rings. The van der Waals surface area contributed by atoms with Crippen molar-refractivity contribution in [1.29, 1.82) is 0 Å². The molecular formula is C70H53N3. The second kappa shape index (κ2) is 15.9. The smallest absolute Gasteiger partial charge is 0.205 e. The van der Waals surface area contributed by atoms with Gasteiger partial charge in [-0.3, -0.25) is 4.98 Å². The van der Waals surface area contributed by atoms with E-state index in [1.807, 2.05) is 6.20 Å². The van der Waals surface area contributed by atoms with Crippen LogP contribution in [-0.4, -0.2) is 9.55 Å². The van der Waals surface area contributed by atoms with Gasteiger partial charge in [0, 0.05) is 22.9 Å². The zero-order chi connectivity index (χ0) is 49.2. The number of aromatic nitrogens is 3. The van der Waals surface area contributed by atoms with Gasteiger partial charge in [-0.15, -0.1) is 0 Å². The van der Waals surface area contributed by atoms with Crippen molar-refractivity contribution >= 4 is 0 Å². The fourth-order valence-corrected chi connectivity index (χ4v) is 13.9. The topological polar surface area (TPSA) is 21.7 Å². The van der Waals surface area contributed by atoms with Gasteiger partial charge in [0.15, 0.2) is 5.54 Å².